The Balaban J connectivity index is 2.08. The van der Waals surface area contributed by atoms with Crippen molar-refractivity contribution in [1.82, 2.24) is 5.32 Å². The third kappa shape index (κ3) is 6.36. The summed E-state index contributed by atoms with van der Waals surface area (Å²) in [6.45, 7) is 5.39. The van der Waals surface area contributed by atoms with Crippen LogP contribution < -0.4 is 11.1 Å². The van der Waals surface area contributed by atoms with E-state index in [0.717, 1.165) is 58.4 Å². The topological polar surface area (TPSA) is 64.4 Å². The normalized spacial score (nSPS) is 18.6. The fraction of sp³-hybridized carbons (Fsp3) is 0.929. The van der Waals surface area contributed by atoms with Gasteiger partial charge in [0.1, 0.15) is 0 Å². The first-order valence-electron chi connectivity index (χ1n) is 7.30. The van der Waals surface area contributed by atoms with Crippen LogP contribution in [0.25, 0.3) is 0 Å². The maximum absolute atomic E-state index is 11.7. The number of carbonyl (C=O) groups is 1. The molecule has 1 unspecified atom stereocenters. The highest BCUT2D eigenvalue weighted by molar-refractivity contribution is 5.75. The average Bonchev–Trinajstić information content (AvgIpc) is 2.42. The van der Waals surface area contributed by atoms with Gasteiger partial charge in [-0.2, -0.15) is 0 Å². The van der Waals surface area contributed by atoms with Crippen molar-refractivity contribution >= 4 is 5.91 Å². The molecule has 0 aromatic heterocycles. The molecule has 1 aliphatic heterocycles. The van der Waals surface area contributed by atoms with Gasteiger partial charge in [-0.1, -0.05) is 13.3 Å². The highest BCUT2D eigenvalue weighted by Gasteiger charge is 2.15. The summed E-state index contributed by atoms with van der Waals surface area (Å²) in [4.78, 5) is 11.7. The average molecular weight is 256 g/mol. The van der Waals surface area contributed by atoms with Crippen LogP contribution in [0.1, 0.15) is 45.4 Å². The van der Waals surface area contributed by atoms with E-state index in [1.165, 1.54) is 0 Å². The molecule has 1 aliphatic rings. The SMILES string of the molecule is CCC(CCN)CCC(=O)NCC1CCOCC1. The van der Waals surface area contributed by atoms with Gasteiger partial charge in [0.05, 0.1) is 0 Å². The van der Waals surface area contributed by atoms with E-state index in [0.29, 0.717) is 18.3 Å². The summed E-state index contributed by atoms with van der Waals surface area (Å²) < 4.78 is 5.30. The zero-order chi connectivity index (χ0) is 13.2. The number of carbonyl (C=O) groups excluding carboxylic acids is 1. The first-order valence-corrected chi connectivity index (χ1v) is 7.30. The van der Waals surface area contributed by atoms with E-state index in [1.807, 2.05) is 0 Å². The predicted molar refractivity (Wildman–Crippen MR) is 73.2 cm³/mol. The summed E-state index contributed by atoms with van der Waals surface area (Å²) in [5.74, 6) is 1.40. The van der Waals surface area contributed by atoms with Crippen molar-refractivity contribution in [3.05, 3.63) is 0 Å². The van der Waals surface area contributed by atoms with Crippen LogP contribution in [0.2, 0.25) is 0 Å². The van der Waals surface area contributed by atoms with E-state index in [4.69, 9.17) is 10.5 Å². The van der Waals surface area contributed by atoms with Crippen LogP contribution in [-0.4, -0.2) is 32.2 Å². The van der Waals surface area contributed by atoms with Crippen LogP contribution >= 0.6 is 0 Å². The van der Waals surface area contributed by atoms with E-state index in [2.05, 4.69) is 12.2 Å². The lowest BCUT2D eigenvalue weighted by Crippen LogP contribution is -2.32. The van der Waals surface area contributed by atoms with Crippen LogP contribution in [0.15, 0.2) is 0 Å². The Morgan fingerprint density at radius 1 is 1.39 bits per heavy atom. The molecule has 4 nitrogen and oxygen atoms in total. The van der Waals surface area contributed by atoms with Crippen molar-refractivity contribution in [3.63, 3.8) is 0 Å². The first kappa shape index (κ1) is 15.4. The molecular formula is C14H28N2O2. The van der Waals surface area contributed by atoms with Gasteiger partial charge in [-0.05, 0) is 44.1 Å². The highest BCUT2D eigenvalue weighted by Crippen LogP contribution is 2.15. The smallest absolute Gasteiger partial charge is 0.220 e. The molecule has 1 amide bonds. The largest absolute Gasteiger partial charge is 0.381 e. The maximum atomic E-state index is 11.7. The maximum Gasteiger partial charge on any atom is 0.220 e. The molecular weight excluding hydrogens is 228 g/mol. The van der Waals surface area contributed by atoms with E-state index in [-0.39, 0.29) is 5.91 Å². The summed E-state index contributed by atoms with van der Waals surface area (Å²) >= 11 is 0. The standard InChI is InChI=1S/C14H28N2O2/c1-2-12(5-8-15)3-4-14(17)16-11-13-6-9-18-10-7-13/h12-13H,2-11,15H2,1H3,(H,16,17). The molecule has 18 heavy (non-hydrogen) atoms. The summed E-state index contributed by atoms with van der Waals surface area (Å²) in [6, 6.07) is 0. The lowest BCUT2D eigenvalue weighted by Gasteiger charge is -2.22. The molecule has 0 saturated carbocycles. The number of hydrogen-bond donors (Lipinski definition) is 2. The molecule has 1 heterocycles. The molecule has 3 N–H and O–H groups in total. The van der Waals surface area contributed by atoms with Crippen molar-refractivity contribution < 1.29 is 9.53 Å². The molecule has 1 fully saturated rings. The van der Waals surface area contributed by atoms with Gasteiger partial charge in [0.15, 0.2) is 0 Å². The van der Waals surface area contributed by atoms with Crippen molar-refractivity contribution in [2.24, 2.45) is 17.6 Å². The minimum atomic E-state index is 0.192. The van der Waals surface area contributed by atoms with Gasteiger partial charge in [0.25, 0.3) is 0 Å². The Morgan fingerprint density at radius 2 is 2.11 bits per heavy atom. The number of hydrogen-bond acceptors (Lipinski definition) is 3. The Hall–Kier alpha value is -0.610. The van der Waals surface area contributed by atoms with Crippen molar-refractivity contribution in [3.8, 4) is 0 Å². The molecule has 1 rings (SSSR count). The second kappa shape index (κ2) is 9.34. The number of rotatable bonds is 8. The number of ether oxygens (including phenoxy) is 1. The van der Waals surface area contributed by atoms with Crippen LogP contribution in [-0.2, 0) is 9.53 Å². The molecule has 0 aromatic carbocycles. The molecule has 1 atom stereocenters. The van der Waals surface area contributed by atoms with Crippen LogP contribution in [0.5, 0.6) is 0 Å². The fourth-order valence-corrected chi connectivity index (χ4v) is 2.42. The van der Waals surface area contributed by atoms with Crippen LogP contribution in [0.3, 0.4) is 0 Å². The zero-order valence-electron chi connectivity index (χ0n) is 11.6. The zero-order valence-corrected chi connectivity index (χ0v) is 11.6. The second-order valence-electron chi connectivity index (χ2n) is 5.25. The van der Waals surface area contributed by atoms with Gasteiger partial charge in [0.2, 0.25) is 5.91 Å². The van der Waals surface area contributed by atoms with Crippen LogP contribution in [0.4, 0.5) is 0 Å². The Bertz CT molecular complexity index is 217. The molecule has 0 aliphatic carbocycles. The molecule has 106 valence electrons. The predicted octanol–water partition coefficient (Wildman–Crippen LogP) is 1.68. The van der Waals surface area contributed by atoms with E-state index < -0.39 is 0 Å². The van der Waals surface area contributed by atoms with Crippen molar-refractivity contribution in [1.29, 1.82) is 0 Å². The lowest BCUT2D eigenvalue weighted by atomic mass is 9.96. The van der Waals surface area contributed by atoms with Gasteiger partial charge in [-0.3, -0.25) is 4.79 Å². The van der Waals surface area contributed by atoms with E-state index in [1.54, 1.807) is 0 Å². The lowest BCUT2D eigenvalue weighted by molar-refractivity contribution is -0.121. The first-order chi connectivity index (χ1) is 8.76. The molecule has 0 radical (unpaired) electrons. The van der Waals surface area contributed by atoms with Gasteiger partial charge >= 0.3 is 0 Å². The number of nitrogens with two attached hydrogens (primary N) is 1. The monoisotopic (exact) mass is 256 g/mol. The highest BCUT2D eigenvalue weighted by atomic mass is 16.5. The summed E-state index contributed by atoms with van der Waals surface area (Å²) in [5, 5.41) is 3.05. The minimum Gasteiger partial charge on any atom is -0.381 e. The fourth-order valence-electron chi connectivity index (χ4n) is 2.42. The Labute approximate surface area is 111 Å². The Morgan fingerprint density at radius 3 is 2.72 bits per heavy atom. The molecule has 0 spiro atoms. The molecule has 4 heteroatoms. The van der Waals surface area contributed by atoms with Crippen molar-refractivity contribution in [2.45, 2.75) is 45.4 Å². The van der Waals surface area contributed by atoms with Crippen LogP contribution in [0, 0.1) is 11.8 Å². The molecule has 0 bridgehead atoms. The number of amides is 1. The molecule has 1 saturated heterocycles. The summed E-state index contributed by atoms with van der Waals surface area (Å²) in [5.41, 5.74) is 5.56. The van der Waals surface area contributed by atoms with E-state index in [9.17, 15) is 4.79 Å². The summed E-state index contributed by atoms with van der Waals surface area (Å²) in [7, 11) is 0. The van der Waals surface area contributed by atoms with Gasteiger partial charge in [-0.15, -0.1) is 0 Å². The summed E-state index contributed by atoms with van der Waals surface area (Å²) in [6.07, 6.45) is 5.90. The Kier molecular flexibility index (Phi) is 8.01. The minimum absolute atomic E-state index is 0.192. The third-order valence-electron chi connectivity index (χ3n) is 3.86. The van der Waals surface area contributed by atoms with Gasteiger partial charge in [0, 0.05) is 26.2 Å². The van der Waals surface area contributed by atoms with E-state index >= 15 is 0 Å². The third-order valence-corrected chi connectivity index (χ3v) is 3.86. The molecule has 0 aromatic rings. The van der Waals surface area contributed by atoms with Crippen molar-refractivity contribution in [2.75, 3.05) is 26.3 Å². The van der Waals surface area contributed by atoms with Gasteiger partial charge in [-0.25, -0.2) is 0 Å². The quantitative estimate of drug-likeness (QED) is 0.694. The number of nitrogens with one attached hydrogen (secondary N) is 1. The van der Waals surface area contributed by atoms with Gasteiger partial charge < -0.3 is 15.8 Å². The second-order valence-corrected chi connectivity index (χ2v) is 5.25.